The molecule has 1 heterocycles. The summed E-state index contributed by atoms with van der Waals surface area (Å²) in [7, 11) is 1.92. The van der Waals surface area contributed by atoms with Crippen molar-refractivity contribution in [2.45, 2.75) is 13.0 Å². The lowest BCUT2D eigenvalue weighted by Gasteiger charge is -2.13. The molecule has 2 nitrogen and oxygen atoms in total. The first-order valence-corrected chi connectivity index (χ1v) is 5.59. The molecule has 1 aromatic heterocycles. The van der Waals surface area contributed by atoms with Gasteiger partial charge < -0.3 is 9.73 Å². The number of halogens is 1. The third-order valence-corrected chi connectivity index (χ3v) is 3.08. The molecule has 16 heavy (non-hydrogen) atoms. The smallest absolute Gasteiger partial charge is 0.0980 e. The molecular formula is C13H14ClNO. The molecule has 0 aliphatic carbocycles. The average molecular weight is 236 g/mol. The Morgan fingerprint density at radius 2 is 2.06 bits per heavy atom. The van der Waals surface area contributed by atoms with Crippen molar-refractivity contribution in [2.75, 3.05) is 7.05 Å². The van der Waals surface area contributed by atoms with E-state index in [1.54, 1.807) is 12.5 Å². The molecule has 1 unspecified atom stereocenters. The van der Waals surface area contributed by atoms with Crippen molar-refractivity contribution in [1.29, 1.82) is 0 Å². The third-order valence-electron chi connectivity index (χ3n) is 2.75. The standard InChI is InChI=1S/C13H14ClNO/c1-9(15-2)12-4-3-10(7-13(12)14)11-5-6-16-8-11/h3-9,15H,1-2H3. The second-order valence-electron chi connectivity index (χ2n) is 3.76. The van der Waals surface area contributed by atoms with E-state index >= 15 is 0 Å². The summed E-state index contributed by atoms with van der Waals surface area (Å²) in [5, 5.41) is 3.95. The summed E-state index contributed by atoms with van der Waals surface area (Å²) in [5.74, 6) is 0. The van der Waals surface area contributed by atoms with Gasteiger partial charge in [0.05, 0.1) is 12.5 Å². The number of hydrogen-bond acceptors (Lipinski definition) is 2. The molecule has 1 atom stereocenters. The second kappa shape index (κ2) is 4.73. The van der Waals surface area contributed by atoms with Crippen LogP contribution >= 0.6 is 11.6 Å². The van der Waals surface area contributed by atoms with Crippen molar-refractivity contribution >= 4 is 11.6 Å². The van der Waals surface area contributed by atoms with Crippen molar-refractivity contribution in [3.63, 3.8) is 0 Å². The van der Waals surface area contributed by atoms with E-state index in [9.17, 15) is 0 Å². The van der Waals surface area contributed by atoms with Gasteiger partial charge in [0.2, 0.25) is 0 Å². The normalized spacial score (nSPS) is 12.7. The first kappa shape index (κ1) is 11.2. The van der Waals surface area contributed by atoms with Gasteiger partial charge >= 0.3 is 0 Å². The zero-order valence-corrected chi connectivity index (χ0v) is 10.1. The number of furan rings is 1. The quantitative estimate of drug-likeness (QED) is 0.874. The van der Waals surface area contributed by atoms with E-state index < -0.39 is 0 Å². The van der Waals surface area contributed by atoms with Crippen LogP contribution < -0.4 is 5.32 Å². The zero-order chi connectivity index (χ0) is 11.5. The molecule has 0 spiro atoms. The molecule has 84 valence electrons. The molecule has 0 radical (unpaired) electrons. The second-order valence-corrected chi connectivity index (χ2v) is 4.17. The van der Waals surface area contributed by atoms with Crippen molar-refractivity contribution in [3.05, 3.63) is 47.4 Å². The van der Waals surface area contributed by atoms with E-state index in [0.29, 0.717) is 0 Å². The molecule has 0 aliphatic heterocycles. The van der Waals surface area contributed by atoms with E-state index in [-0.39, 0.29) is 6.04 Å². The monoisotopic (exact) mass is 235 g/mol. The van der Waals surface area contributed by atoms with Gasteiger partial charge in [-0.25, -0.2) is 0 Å². The molecule has 0 aliphatic rings. The Labute approximate surface area is 100 Å². The summed E-state index contributed by atoms with van der Waals surface area (Å²) in [6.45, 7) is 2.08. The summed E-state index contributed by atoms with van der Waals surface area (Å²) < 4.78 is 5.05. The number of rotatable bonds is 3. The predicted molar refractivity (Wildman–Crippen MR) is 66.6 cm³/mol. The fraction of sp³-hybridized carbons (Fsp3) is 0.231. The zero-order valence-electron chi connectivity index (χ0n) is 9.33. The average Bonchev–Trinajstić information content (AvgIpc) is 2.81. The molecule has 0 amide bonds. The molecule has 3 heteroatoms. The molecule has 2 rings (SSSR count). The first-order valence-electron chi connectivity index (χ1n) is 5.21. The van der Waals surface area contributed by atoms with Crippen molar-refractivity contribution in [3.8, 4) is 11.1 Å². The van der Waals surface area contributed by atoms with Crippen LogP contribution in [-0.4, -0.2) is 7.05 Å². The Hall–Kier alpha value is -1.25. The Morgan fingerprint density at radius 3 is 2.62 bits per heavy atom. The topological polar surface area (TPSA) is 25.2 Å². The molecule has 2 aromatic rings. The van der Waals surface area contributed by atoms with Gasteiger partial charge in [0.1, 0.15) is 0 Å². The lowest BCUT2D eigenvalue weighted by Crippen LogP contribution is -2.12. The van der Waals surface area contributed by atoms with Crippen LogP contribution in [0.3, 0.4) is 0 Å². The Balaban J connectivity index is 2.37. The molecule has 1 N–H and O–H groups in total. The molecule has 0 saturated carbocycles. The summed E-state index contributed by atoms with van der Waals surface area (Å²) in [4.78, 5) is 0. The lowest BCUT2D eigenvalue weighted by molar-refractivity contribution is 0.568. The number of hydrogen-bond donors (Lipinski definition) is 1. The van der Waals surface area contributed by atoms with Crippen molar-refractivity contribution < 1.29 is 4.42 Å². The summed E-state index contributed by atoms with van der Waals surface area (Å²) in [5.41, 5.74) is 3.23. The molecule has 0 saturated heterocycles. The minimum atomic E-state index is 0.255. The van der Waals surface area contributed by atoms with Gasteiger partial charge in [0.25, 0.3) is 0 Å². The van der Waals surface area contributed by atoms with Crippen LogP contribution in [0.15, 0.2) is 41.2 Å². The highest BCUT2D eigenvalue weighted by Crippen LogP contribution is 2.28. The van der Waals surface area contributed by atoms with Gasteiger partial charge in [-0.3, -0.25) is 0 Å². The van der Waals surface area contributed by atoms with Crippen LogP contribution in [0, 0.1) is 0 Å². The van der Waals surface area contributed by atoms with E-state index in [1.807, 2.05) is 25.2 Å². The van der Waals surface area contributed by atoms with E-state index in [2.05, 4.69) is 18.3 Å². The highest BCUT2D eigenvalue weighted by molar-refractivity contribution is 6.31. The highest BCUT2D eigenvalue weighted by Gasteiger charge is 2.09. The molecule has 0 fully saturated rings. The fourth-order valence-electron chi connectivity index (χ4n) is 1.64. The third kappa shape index (κ3) is 2.13. The predicted octanol–water partition coefficient (Wildman–Crippen LogP) is 3.88. The Morgan fingerprint density at radius 1 is 1.25 bits per heavy atom. The van der Waals surface area contributed by atoms with Crippen LogP contribution in [-0.2, 0) is 0 Å². The SMILES string of the molecule is CNC(C)c1ccc(-c2ccoc2)cc1Cl. The van der Waals surface area contributed by atoms with Crippen LogP contribution in [0.1, 0.15) is 18.5 Å². The van der Waals surface area contributed by atoms with Gasteiger partial charge in [-0.05, 0) is 37.2 Å². The maximum atomic E-state index is 6.25. The minimum Gasteiger partial charge on any atom is -0.472 e. The summed E-state index contributed by atoms with van der Waals surface area (Å²) in [6.07, 6.45) is 3.38. The van der Waals surface area contributed by atoms with Gasteiger partial charge in [0.15, 0.2) is 0 Å². The first-order chi connectivity index (χ1) is 7.72. The lowest BCUT2D eigenvalue weighted by atomic mass is 10.0. The van der Waals surface area contributed by atoms with E-state index in [1.165, 1.54) is 0 Å². The van der Waals surface area contributed by atoms with E-state index in [4.69, 9.17) is 16.0 Å². The van der Waals surface area contributed by atoms with Crippen molar-refractivity contribution in [2.24, 2.45) is 0 Å². The van der Waals surface area contributed by atoms with Gasteiger partial charge in [-0.2, -0.15) is 0 Å². The van der Waals surface area contributed by atoms with E-state index in [0.717, 1.165) is 21.7 Å². The summed E-state index contributed by atoms with van der Waals surface area (Å²) >= 11 is 6.25. The Bertz CT molecular complexity index is 465. The van der Waals surface area contributed by atoms with Gasteiger partial charge in [-0.15, -0.1) is 0 Å². The molecule has 1 aromatic carbocycles. The number of benzene rings is 1. The maximum absolute atomic E-state index is 6.25. The maximum Gasteiger partial charge on any atom is 0.0980 e. The Kier molecular flexibility index (Phi) is 3.32. The fourth-order valence-corrected chi connectivity index (χ4v) is 1.99. The van der Waals surface area contributed by atoms with Gasteiger partial charge in [0, 0.05) is 16.6 Å². The minimum absolute atomic E-state index is 0.255. The van der Waals surface area contributed by atoms with Crippen LogP contribution in [0.5, 0.6) is 0 Å². The van der Waals surface area contributed by atoms with Crippen LogP contribution in [0.2, 0.25) is 5.02 Å². The van der Waals surface area contributed by atoms with Gasteiger partial charge in [-0.1, -0.05) is 23.7 Å². The number of nitrogens with one attached hydrogen (secondary N) is 1. The summed E-state index contributed by atoms with van der Waals surface area (Å²) in [6, 6.07) is 8.25. The largest absolute Gasteiger partial charge is 0.472 e. The van der Waals surface area contributed by atoms with Crippen LogP contribution in [0.4, 0.5) is 0 Å². The van der Waals surface area contributed by atoms with Crippen LogP contribution in [0.25, 0.3) is 11.1 Å². The highest BCUT2D eigenvalue weighted by atomic mass is 35.5. The molecular weight excluding hydrogens is 222 g/mol. The molecule has 0 bridgehead atoms. The van der Waals surface area contributed by atoms with Crippen molar-refractivity contribution in [1.82, 2.24) is 5.32 Å².